The molecular formula is C47H64N10O16. The number of benzene rings is 2. The maximum Gasteiger partial charge on any atom is 0.326 e. The monoisotopic (exact) mass is 1020 g/mol. The molecule has 1 aliphatic heterocycles. The van der Waals surface area contributed by atoms with E-state index in [9.17, 15) is 72.9 Å². The lowest BCUT2D eigenvalue weighted by atomic mass is 10.0. The number of amides is 9. The van der Waals surface area contributed by atoms with Crippen molar-refractivity contribution in [2.45, 2.75) is 120 Å². The number of phenolic OH excluding ortho intramolecular Hbond substituents is 1. The van der Waals surface area contributed by atoms with Crippen molar-refractivity contribution in [3.05, 3.63) is 65.7 Å². The Hall–Kier alpha value is -8.16. The zero-order valence-electron chi connectivity index (χ0n) is 40.3. The quantitative estimate of drug-likeness (QED) is 0.0368. The summed E-state index contributed by atoms with van der Waals surface area (Å²) in [5.74, 6) is -12.5. The SMILES string of the molecule is CC(C)C[C@H](NC(=O)[C@H](CCC(=O)O)NC(=O)CNC(=O)CNC(=O)[C@@H]1CCCN1C(=O)[C@H](CC(N)=O)NC(=O)[C@H](Cc1ccc(O)cc1)NC(=O)[C@@H](N)CCC(=O)O)C(=O)N[C@@H](Cc1ccccc1)C(=O)O. The Morgan fingerprint density at radius 1 is 0.630 bits per heavy atom. The van der Waals surface area contributed by atoms with Crippen LogP contribution in [-0.2, 0) is 70.4 Å². The van der Waals surface area contributed by atoms with Crippen molar-refractivity contribution < 1.29 is 78.0 Å². The zero-order valence-corrected chi connectivity index (χ0v) is 40.3. The van der Waals surface area contributed by atoms with Crippen LogP contribution in [-0.4, -0.2) is 158 Å². The summed E-state index contributed by atoms with van der Waals surface area (Å²) in [5, 5.41) is 54.5. The van der Waals surface area contributed by atoms with Gasteiger partial charge in [-0.3, -0.25) is 52.7 Å². The van der Waals surface area contributed by atoms with Crippen molar-refractivity contribution in [3.8, 4) is 5.75 Å². The summed E-state index contributed by atoms with van der Waals surface area (Å²) in [4.78, 5) is 155. The minimum Gasteiger partial charge on any atom is -0.508 e. The molecule has 1 saturated heterocycles. The molecule has 2 aromatic rings. The molecule has 15 N–H and O–H groups in total. The number of aromatic hydroxyl groups is 1. The highest BCUT2D eigenvalue weighted by Gasteiger charge is 2.39. The lowest BCUT2D eigenvalue weighted by Gasteiger charge is -2.29. The van der Waals surface area contributed by atoms with Gasteiger partial charge in [0.25, 0.3) is 0 Å². The summed E-state index contributed by atoms with van der Waals surface area (Å²) in [6.45, 7) is 1.96. The standard InChI is InChI=1S/C47H64N10O16/c1-25(2)19-31(43(68)56-34(47(72)73)21-26-7-4-3-5-8-26)54-42(67)30(15-17-40(64)65)52-38(61)24-50-37(60)23-51-45(70)35-9-6-18-57(35)46(71)33(22-36(49)59)55-44(69)32(20-27-10-12-28(58)13-11-27)53-41(66)29(48)14-16-39(62)63/h3-5,7-8,10-13,25,29-35,58H,6,9,14-24,48H2,1-2H3,(H2,49,59)(H,50,60)(H,51,70)(H,52,61)(H,53,66)(H,54,67)(H,55,69)(H,56,68)(H,62,63)(H,64,65)(H,72,73)/t29-,30-,31-,32-,33-,34-,35-/m0/s1. The maximum atomic E-state index is 13.9. The molecule has 1 heterocycles. The van der Waals surface area contributed by atoms with Crippen LogP contribution in [0.1, 0.15) is 76.3 Å². The molecular weight excluding hydrogens is 961 g/mol. The van der Waals surface area contributed by atoms with E-state index in [0.29, 0.717) is 11.1 Å². The summed E-state index contributed by atoms with van der Waals surface area (Å²) in [6, 6.07) is 4.17. The van der Waals surface area contributed by atoms with Crippen LogP contribution >= 0.6 is 0 Å². The molecule has 1 aliphatic rings. The first kappa shape index (κ1) is 59.2. The fourth-order valence-corrected chi connectivity index (χ4v) is 7.55. The Bertz CT molecular complexity index is 2320. The molecule has 0 spiro atoms. The summed E-state index contributed by atoms with van der Waals surface area (Å²) in [6.07, 6.45) is -2.40. The van der Waals surface area contributed by atoms with E-state index >= 15 is 0 Å². The molecule has 9 amide bonds. The van der Waals surface area contributed by atoms with Gasteiger partial charge in [0.05, 0.1) is 25.6 Å². The Morgan fingerprint density at radius 3 is 1.77 bits per heavy atom. The highest BCUT2D eigenvalue weighted by atomic mass is 16.4. The molecule has 7 atom stereocenters. The zero-order chi connectivity index (χ0) is 54.4. The smallest absolute Gasteiger partial charge is 0.326 e. The molecule has 1 fully saturated rings. The van der Waals surface area contributed by atoms with Gasteiger partial charge in [-0.05, 0) is 61.3 Å². The molecule has 3 rings (SSSR count). The van der Waals surface area contributed by atoms with E-state index in [1.807, 2.05) is 0 Å². The van der Waals surface area contributed by atoms with Crippen LogP contribution in [0.3, 0.4) is 0 Å². The lowest BCUT2D eigenvalue weighted by molar-refractivity contribution is -0.143. The van der Waals surface area contributed by atoms with E-state index < -0.39 is 152 Å². The number of nitrogens with one attached hydrogen (secondary N) is 7. The van der Waals surface area contributed by atoms with Crippen LogP contribution in [0.25, 0.3) is 0 Å². The number of carboxylic acids is 3. The number of carboxylic acid groups (broad SMARTS) is 3. The van der Waals surface area contributed by atoms with Crippen LogP contribution in [0, 0.1) is 5.92 Å². The van der Waals surface area contributed by atoms with Crippen LogP contribution in [0.4, 0.5) is 0 Å². The minimum absolute atomic E-state index is 0.0306. The van der Waals surface area contributed by atoms with Gasteiger partial charge in [0, 0.05) is 32.2 Å². The predicted octanol–water partition coefficient (Wildman–Crippen LogP) is -3.11. The van der Waals surface area contributed by atoms with Gasteiger partial charge in [0.15, 0.2) is 0 Å². The summed E-state index contributed by atoms with van der Waals surface area (Å²) < 4.78 is 0. The highest BCUT2D eigenvalue weighted by molar-refractivity contribution is 5.98. The number of likely N-dealkylation sites (tertiary alicyclic amines) is 1. The molecule has 398 valence electrons. The fraction of sp³-hybridized carbons (Fsp3) is 0.489. The van der Waals surface area contributed by atoms with Gasteiger partial charge in [0.2, 0.25) is 53.2 Å². The Kier molecular flexibility index (Phi) is 23.7. The molecule has 2 aromatic carbocycles. The molecule has 0 aromatic heterocycles. The fourth-order valence-electron chi connectivity index (χ4n) is 7.55. The molecule has 0 aliphatic carbocycles. The summed E-state index contributed by atoms with van der Waals surface area (Å²) >= 11 is 0. The summed E-state index contributed by atoms with van der Waals surface area (Å²) in [5.41, 5.74) is 12.3. The van der Waals surface area contributed by atoms with Crippen molar-refractivity contribution in [3.63, 3.8) is 0 Å². The molecule has 73 heavy (non-hydrogen) atoms. The number of carbonyl (C=O) groups excluding carboxylic acids is 9. The van der Waals surface area contributed by atoms with Crippen LogP contribution in [0.15, 0.2) is 54.6 Å². The van der Waals surface area contributed by atoms with E-state index in [0.717, 1.165) is 4.90 Å². The molecule has 0 saturated carbocycles. The van der Waals surface area contributed by atoms with Gasteiger partial charge in [-0.25, -0.2) is 4.79 Å². The number of hydrogen-bond acceptors (Lipinski definition) is 14. The third-order valence-electron chi connectivity index (χ3n) is 11.3. The second-order valence-electron chi connectivity index (χ2n) is 17.7. The van der Waals surface area contributed by atoms with Gasteiger partial charge in [0.1, 0.15) is 42.0 Å². The largest absolute Gasteiger partial charge is 0.508 e. The number of nitrogens with zero attached hydrogens (tertiary/aromatic N) is 1. The number of nitrogens with two attached hydrogens (primary N) is 2. The van der Waals surface area contributed by atoms with Gasteiger partial charge in [-0.15, -0.1) is 0 Å². The number of carbonyl (C=O) groups is 12. The molecule has 26 nitrogen and oxygen atoms in total. The lowest BCUT2D eigenvalue weighted by Crippen LogP contribution is -2.59. The molecule has 0 unspecified atom stereocenters. The number of primary amides is 1. The average molecular weight is 1030 g/mol. The van der Waals surface area contributed by atoms with Crippen LogP contribution in [0.2, 0.25) is 0 Å². The maximum absolute atomic E-state index is 13.9. The number of aliphatic carboxylic acids is 3. The first-order valence-electron chi connectivity index (χ1n) is 23.3. The predicted molar refractivity (Wildman–Crippen MR) is 255 cm³/mol. The second kappa shape index (κ2) is 29.2. The molecule has 26 heteroatoms. The van der Waals surface area contributed by atoms with Crippen LogP contribution in [0.5, 0.6) is 5.75 Å². The minimum atomic E-state index is -1.66. The van der Waals surface area contributed by atoms with Gasteiger partial charge < -0.3 is 74.0 Å². The van der Waals surface area contributed by atoms with Crippen molar-refractivity contribution >= 4 is 71.1 Å². The summed E-state index contributed by atoms with van der Waals surface area (Å²) in [7, 11) is 0. The van der Waals surface area contributed by atoms with E-state index in [4.69, 9.17) is 16.6 Å². The normalized spacial score (nSPS) is 15.5. The van der Waals surface area contributed by atoms with E-state index in [-0.39, 0.29) is 56.7 Å². The van der Waals surface area contributed by atoms with Crippen LogP contribution < -0.4 is 48.7 Å². The van der Waals surface area contributed by atoms with Gasteiger partial charge >= 0.3 is 17.9 Å². The van der Waals surface area contributed by atoms with Crippen molar-refractivity contribution in [1.82, 2.24) is 42.1 Å². The third kappa shape index (κ3) is 21.0. The topological polar surface area (TPSA) is 425 Å². The molecule has 0 radical (unpaired) electrons. The third-order valence-corrected chi connectivity index (χ3v) is 11.3. The van der Waals surface area contributed by atoms with Gasteiger partial charge in [-0.2, -0.15) is 0 Å². The number of hydrogen-bond donors (Lipinski definition) is 13. The van der Waals surface area contributed by atoms with E-state index in [1.165, 1.54) is 24.3 Å². The van der Waals surface area contributed by atoms with Crippen molar-refractivity contribution in [2.24, 2.45) is 17.4 Å². The van der Waals surface area contributed by atoms with Crippen molar-refractivity contribution in [1.29, 1.82) is 0 Å². The number of rotatable bonds is 30. The van der Waals surface area contributed by atoms with Gasteiger partial charge in [-0.1, -0.05) is 56.3 Å². The highest BCUT2D eigenvalue weighted by Crippen LogP contribution is 2.20. The Balaban J connectivity index is 1.64. The number of phenols is 1. The first-order valence-corrected chi connectivity index (χ1v) is 23.3. The van der Waals surface area contributed by atoms with E-state index in [2.05, 4.69) is 37.2 Å². The van der Waals surface area contributed by atoms with E-state index in [1.54, 1.807) is 44.2 Å². The van der Waals surface area contributed by atoms with Crippen molar-refractivity contribution in [2.75, 3.05) is 19.6 Å². The Morgan fingerprint density at radius 2 is 1.16 bits per heavy atom. The first-order chi connectivity index (χ1) is 34.4. The molecule has 0 bridgehead atoms. The second-order valence-corrected chi connectivity index (χ2v) is 17.7. The average Bonchev–Trinajstić information content (AvgIpc) is 3.83. The Labute approximate surface area is 419 Å².